The van der Waals surface area contributed by atoms with Crippen molar-refractivity contribution in [1.82, 2.24) is 14.7 Å². The van der Waals surface area contributed by atoms with E-state index < -0.39 is 0 Å². The lowest BCUT2D eigenvalue weighted by Crippen LogP contribution is -2.28. The number of rotatable bonds is 5. The van der Waals surface area contributed by atoms with E-state index >= 15 is 0 Å². The third-order valence-corrected chi connectivity index (χ3v) is 5.93. The van der Waals surface area contributed by atoms with Crippen molar-refractivity contribution in [2.24, 2.45) is 4.99 Å². The van der Waals surface area contributed by atoms with Crippen LogP contribution in [0.25, 0.3) is 0 Å². The molecule has 5 nitrogen and oxygen atoms in total. The highest BCUT2D eigenvalue weighted by atomic mass is 35.5. The highest BCUT2D eigenvalue weighted by Gasteiger charge is 2.28. The summed E-state index contributed by atoms with van der Waals surface area (Å²) >= 11 is 9.03. The molecule has 2 aromatic heterocycles. The normalized spacial score (nSPS) is 16.0. The van der Waals surface area contributed by atoms with Crippen molar-refractivity contribution in [3.05, 3.63) is 69.6 Å². The first-order chi connectivity index (χ1) is 12.7. The summed E-state index contributed by atoms with van der Waals surface area (Å²) in [6.07, 6.45) is 3.60. The number of thiophene rings is 1. The Morgan fingerprint density at radius 2 is 2.04 bits per heavy atom. The molecule has 1 aliphatic rings. The second-order valence-corrected chi connectivity index (χ2v) is 8.18. The molecule has 0 radical (unpaired) electrons. The summed E-state index contributed by atoms with van der Waals surface area (Å²) in [4.78, 5) is 19.7. The first kappa shape index (κ1) is 17.3. The quantitative estimate of drug-likeness (QED) is 0.635. The minimum Gasteiger partial charge on any atom is -0.285 e. The van der Waals surface area contributed by atoms with Gasteiger partial charge in [-0.05, 0) is 29.1 Å². The number of amides is 1. The molecule has 0 atom stereocenters. The van der Waals surface area contributed by atoms with Crippen molar-refractivity contribution in [3.8, 4) is 0 Å². The Morgan fingerprint density at radius 1 is 1.19 bits per heavy atom. The van der Waals surface area contributed by atoms with Gasteiger partial charge in [0, 0.05) is 9.90 Å². The van der Waals surface area contributed by atoms with E-state index in [0.29, 0.717) is 18.8 Å². The topological polar surface area (TPSA) is 50.5 Å². The molecule has 0 spiro atoms. The highest BCUT2D eigenvalue weighted by molar-refractivity contribution is 8.15. The SMILES string of the molecule is O=C1CSC(=Nc2cnn(Cc3ccc(Cl)cc3)c2)N1Cc1cccs1. The van der Waals surface area contributed by atoms with Crippen LogP contribution in [-0.2, 0) is 17.9 Å². The van der Waals surface area contributed by atoms with Gasteiger partial charge in [-0.3, -0.25) is 14.4 Å². The van der Waals surface area contributed by atoms with Gasteiger partial charge in [-0.1, -0.05) is 41.6 Å². The van der Waals surface area contributed by atoms with Crippen LogP contribution in [0.4, 0.5) is 5.69 Å². The fraction of sp³-hybridized carbons (Fsp3) is 0.167. The lowest BCUT2D eigenvalue weighted by Gasteiger charge is -2.14. The molecule has 1 fully saturated rings. The average molecular weight is 403 g/mol. The zero-order valence-electron chi connectivity index (χ0n) is 13.7. The fourth-order valence-corrected chi connectivity index (χ4v) is 4.30. The Kier molecular flexibility index (Phi) is 5.10. The van der Waals surface area contributed by atoms with Gasteiger partial charge in [-0.15, -0.1) is 11.3 Å². The lowest BCUT2D eigenvalue weighted by atomic mass is 10.2. The Hall–Kier alpha value is -2.09. The summed E-state index contributed by atoms with van der Waals surface area (Å²) in [5.74, 6) is 0.527. The number of aliphatic imine (C=N–C) groups is 1. The maximum Gasteiger partial charge on any atom is 0.239 e. The Bertz CT molecular complexity index is 935. The molecule has 0 saturated carbocycles. The molecule has 1 aliphatic heterocycles. The molecule has 1 saturated heterocycles. The second-order valence-electron chi connectivity index (χ2n) is 5.76. The molecule has 0 N–H and O–H groups in total. The summed E-state index contributed by atoms with van der Waals surface area (Å²) in [6, 6.07) is 11.7. The number of hydrogen-bond acceptors (Lipinski definition) is 5. The summed E-state index contributed by atoms with van der Waals surface area (Å²) < 4.78 is 1.83. The van der Waals surface area contributed by atoms with E-state index in [-0.39, 0.29) is 5.91 Å². The fourth-order valence-electron chi connectivity index (χ4n) is 2.58. The third kappa shape index (κ3) is 4.00. The van der Waals surface area contributed by atoms with Gasteiger partial charge in [0.15, 0.2) is 5.17 Å². The Labute approximate surface area is 164 Å². The number of aromatic nitrogens is 2. The van der Waals surface area contributed by atoms with Crippen LogP contribution in [-0.4, -0.2) is 31.5 Å². The molecular weight excluding hydrogens is 388 g/mol. The van der Waals surface area contributed by atoms with Gasteiger partial charge >= 0.3 is 0 Å². The van der Waals surface area contributed by atoms with E-state index in [1.165, 1.54) is 11.8 Å². The number of carbonyl (C=O) groups excluding carboxylic acids is 1. The Balaban J connectivity index is 1.49. The monoisotopic (exact) mass is 402 g/mol. The van der Waals surface area contributed by atoms with Crippen molar-refractivity contribution in [3.63, 3.8) is 0 Å². The molecular formula is C18H15ClN4OS2. The summed E-state index contributed by atoms with van der Waals surface area (Å²) in [7, 11) is 0. The van der Waals surface area contributed by atoms with Crippen LogP contribution >= 0.6 is 34.7 Å². The molecule has 132 valence electrons. The van der Waals surface area contributed by atoms with Crippen LogP contribution in [0.15, 0.2) is 59.2 Å². The molecule has 4 rings (SSSR count). The first-order valence-electron chi connectivity index (χ1n) is 7.98. The number of hydrogen-bond donors (Lipinski definition) is 0. The summed E-state index contributed by atoms with van der Waals surface area (Å²) in [6.45, 7) is 1.22. The van der Waals surface area contributed by atoms with Gasteiger partial charge in [0.25, 0.3) is 0 Å². The zero-order chi connectivity index (χ0) is 17.9. The van der Waals surface area contributed by atoms with E-state index in [0.717, 1.165) is 26.3 Å². The van der Waals surface area contributed by atoms with Gasteiger partial charge in [0.1, 0.15) is 5.69 Å². The van der Waals surface area contributed by atoms with E-state index in [9.17, 15) is 4.79 Å². The van der Waals surface area contributed by atoms with Gasteiger partial charge < -0.3 is 0 Å². The first-order valence-corrected chi connectivity index (χ1v) is 10.2. The molecule has 1 aromatic carbocycles. The van der Waals surface area contributed by atoms with E-state index in [1.807, 2.05) is 52.7 Å². The molecule has 8 heteroatoms. The highest BCUT2D eigenvalue weighted by Crippen LogP contribution is 2.26. The molecule has 3 aromatic rings. The number of benzene rings is 1. The van der Waals surface area contributed by atoms with E-state index in [2.05, 4.69) is 10.1 Å². The van der Waals surface area contributed by atoms with Crippen molar-refractivity contribution in [2.45, 2.75) is 13.1 Å². The Morgan fingerprint density at radius 3 is 2.81 bits per heavy atom. The molecule has 0 aliphatic carbocycles. The summed E-state index contributed by atoms with van der Waals surface area (Å²) in [5.41, 5.74) is 1.86. The maximum absolute atomic E-state index is 12.2. The van der Waals surface area contributed by atoms with E-state index in [1.54, 1.807) is 22.4 Å². The van der Waals surface area contributed by atoms with Crippen molar-refractivity contribution in [2.75, 3.05) is 5.75 Å². The molecule has 1 amide bonds. The minimum absolute atomic E-state index is 0.0932. The standard InChI is InChI=1S/C18H15ClN4OS2/c19-14-5-3-13(4-6-14)9-22-10-15(8-20-22)21-18-23(17(24)12-26-18)11-16-2-1-7-25-16/h1-8,10H,9,11-12H2. The van der Waals surface area contributed by atoms with Crippen LogP contribution < -0.4 is 0 Å². The smallest absolute Gasteiger partial charge is 0.239 e. The minimum atomic E-state index is 0.0932. The van der Waals surface area contributed by atoms with Crippen LogP contribution in [0.1, 0.15) is 10.4 Å². The van der Waals surface area contributed by atoms with Crippen LogP contribution in [0.3, 0.4) is 0 Å². The van der Waals surface area contributed by atoms with Gasteiger partial charge in [-0.25, -0.2) is 4.99 Å². The number of halogens is 1. The van der Waals surface area contributed by atoms with Gasteiger partial charge in [-0.2, -0.15) is 5.10 Å². The van der Waals surface area contributed by atoms with Crippen molar-refractivity contribution < 1.29 is 4.79 Å². The number of carbonyl (C=O) groups is 1. The van der Waals surface area contributed by atoms with E-state index in [4.69, 9.17) is 11.6 Å². The predicted octanol–water partition coefficient (Wildman–Crippen LogP) is 4.41. The molecule has 0 unspecified atom stereocenters. The lowest BCUT2D eigenvalue weighted by molar-refractivity contribution is -0.124. The van der Waals surface area contributed by atoms with Crippen molar-refractivity contribution in [1.29, 1.82) is 0 Å². The second kappa shape index (κ2) is 7.65. The number of thioether (sulfide) groups is 1. The van der Waals surface area contributed by atoms with Gasteiger partial charge in [0.05, 0.1) is 31.2 Å². The van der Waals surface area contributed by atoms with Gasteiger partial charge in [0.2, 0.25) is 5.91 Å². The van der Waals surface area contributed by atoms with Crippen LogP contribution in [0.5, 0.6) is 0 Å². The van der Waals surface area contributed by atoms with Crippen LogP contribution in [0, 0.1) is 0 Å². The number of nitrogens with zero attached hydrogens (tertiary/aromatic N) is 4. The molecule has 3 heterocycles. The molecule has 0 bridgehead atoms. The third-order valence-electron chi connectivity index (χ3n) is 3.85. The largest absolute Gasteiger partial charge is 0.285 e. The molecule has 26 heavy (non-hydrogen) atoms. The maximum atomic E-state index is 12.2. The summed E-state index contributed by atoms with van der Waals surface area (Å²) in [5, 5.41) is 7.82. The average Bonchev–Trinajstić information content (AvgIpc) is 3.36. The zero-order valence-corrected chi connectivity index (χ0v) is 16.1. The predicted molar refractivity (Wildman–Crippen MR) is 107 cm³/mol. The number of amidine groups is 1. The van der Waals surface area contributed by atoms with Crippen LogP contribution in [0.2, 0.25) is 5.02 Å². The van der Waals surface area contributed by atoms with Crippen molar-refractivity contribution >= 4 is 51.5 Å².